The Morgan fingerprint density at radius 3 is 2.46 bits per heavy atom. The van der Waals surface area contributed by atoms with Gasteiger partial charge in [-0.2, -0.15) is 0 Å². The number of nitrogens with zero attached hydrogens (tertiary/aromatic N) is 3. The summed E-state index contributed by atoms with van der Waals surface area (Å²) in [6.07, 6.45) is 6.80. The number of carbonyl (C=O) groups excluding carboxylic acids is 3. The van der Waals surface area contributed by atoms with Gasteiger partial charge < -0.3 is 24.6 Å². The summed E-state index contributed by atoms with van der Waals surface area (Å²) in [5, 5.41) is 2.83. The third-order valence-corrected chi connectivity index (χ3v) is 6.91. The monoisotopic (exact) mass is 542 g/mol. The van der Waals surface area contributed by atoms with Crippen LogP contribution in [0.4, 0.5) is 4.79 Å². The Morgan fingerprint density at radius 1 is 1.18 bits per heavy atom. The maximum atomic E-state index is 13.8. The fraction of sp³-hybridized carbons (Fsp3) is 0.633. The van der Waals surface area contributed by atoms with Gasteiger partial charge in [0.1, 0.15) is 24.3 Å². The molecule has 1 aliphatic heterocycles. The Morgan fingerprint density at radius 2 is 1.85 bits per heavy atom. The van der Waals surface area contributed by atoms with Crippen LogP contribution in [-0.4, -0.2) is 103 Å². The second-order valence-electron chi connectivity index (χ2n) is 11.3. The van der Waals surface area contributed by atoms with Crippen LogP contribution in [0.5, 0.6) is 0 Å². The number of rotatable bonds is 12. The van der Waals surface area contributed by atoms with Crippen molar-refractivity contribution in [2.45, 2.75) is 83.7 Å². The highest BCUT2D eigenvalue weighted by Crippen LogP contribution is 2.21. The van der Waals surface area contributed by atoms with E-state index >= 15 is 0 Å². The summed E-state index contributed by atoms with van der Waals surface area (Å²) in [6, 6.07) is 8.53. The molecule has 1 saturated heterocycles. The van der Waals surface area contributed by atoms with Crippen LogP contribution in [0.3, 0.4) is 0 Å². The highest BCUT2D eigenvalue weighted by atomic mass is 16.6. The molecule has 0 unspecified atom stereocenters. The highest BCUT2D eigenvalue weighted by molar-refractivity contribution is 5.91. The SMILES string of the molecule is C#CCO[C@H](C)[C@H](NC(=O)[C@H](C)N(C)C(=O)OC(C)(C)C)C(=O)N1CCC[C@H]1CN(C)CCc1ccccc1. The minimum Gasteiger partial charge on any atom is -0.444 e. The fourth-order valence-electron chi connectivity index (χ4n) is 4.51. The van der Waals surface area contributed by atoms with Crippen LogP contribution >= 0.6 is 0 Å². The molecule has 1 fully saturated rings. The minimum atomic E-state index is -0.949. The molecule has 0 aromatic heterocycles. The van der Waals surface area contributed by atoms with E-state index in [1.165, 1.54) is 17.5 Å². The number of terminal acetylenes is 1. The smallest absolute Gasteiger partial charge is 0.410 e. The number of carbonyl (C=O) groups is 3. The molecule has 9 nitrogen and oxygen atoms in total. The molecule has 0 bridgehead atoms. The standard InChI is InChI=1S/C30H46N4O5/c1-9-20-38-23(3)26(31-27(35)22(2)33(8)29(37)39-30(4,5)6)28(36)34-18-13-16-25(34)21-32(7)19-17-24-14-11-10-12-15-24/h1,10-12,14-15,22-23,25-26H,13,16-21H2,2-8H3,(H,31,35)/t22-,23+,25-,26-/m0/s1. The molecule has 9 heteroatoms. The maximum Gasteiger partial charge on any atom is 0.410 e. The summed E-state index contributed by atoms with van der Waals surface area (Å²) in [5.74, 6) is 1.73. The highest BCUT2D eigenvalue weighted by Gasteiger charge is 2.38. The Labute approximate surface area is 234 Å². The molecular weight excluding hydrogens is 496 g/mol. The van der Waals surface area contributed by atoms with Crippen molar-refractivity contribution >= 4 is 17.9 Å². The Bertz CT molecular complexity index is 987. The molecule has 1 aromatic rings. The van der Waals surface area contributed by atoms with Crippen LogP contribution in [0, 0.1) is 12.3 Å². The van der Waals surface area contributed by atoms with Gasteiger partial charge in [-0.1, -0.05) is 36.3 Å². The molecule has 1 aliphatic rings. The van der Waals surface area contributed by atoms with Crippen molar-refractivity contribution in [3.63, 3.8) is 0 Å². The number of likely N-dealkylation sites (tertiary alicyclic amines) is 1. The third-order valence-electron chi connectivity index (χ3n) is 6.91. The zero-order valence-corrected chi connectivity index (χ0v) is 24.6. The van der Waals surface area contributed by atoms with E-state index in [9.17, 15) is 14.4 Å². The van der Waals surface area contributed by atoms with Crippen molar-refractivity contribution in [1.82, 2.24) is 20.0 Å². The van der Waals surface area contributed by atoms with E-state index in [1.54, 1.807) is 34.6 Å². The number of nitrogens with one attached hydrogen (secondary N) is 1. The zero-order chi connectivity index (χ0) is 29.2. The molecule has 0 saturated carbocycles. The number of ether oxygens (including phenoxy) is 2. The molecule has 0 spiro atoms. The summed E-state index contributed by atoms with van der Waals surface area (Å²) in [6.45, 7) is 10.8. The van der Waals surface area contributed by atoms with Gasteiger partial charge in [0.15, 0.2) is 0 Å². The Hall–Kier alpha value is -3.09. The van der Waals surface area contributed by atoms with Gasteiger partial charge in [-0.3, -0.25) is 14.5 Å². The number of hydrogen-bond donors (Lipinski definition) is 1. The van der Waals surface area contributed by atoms with Crippen LogP contribution in [0.1, 0.15) is 53.0 Å². The first kappa shape index (κ1) is 32.1. The van der Waals surface area contributed by atoms with E-state index in [-0.39, 0.29) is 18.6 Å². The number of benzene rings is 1. The van der Waals surface area contributed by atoms with Gasteiger partial charge in [0.05, 0.1) is 6.10 Å². The first-order valence-electron chi connectivity index (χ1n) is 13.7. The average molecular weight is 543 g/mol. The lowest BCUT2D eigenvalue weighted by molar-refractivity contribution is -0.142. The average Bonchev–Trinajstić information content (AvgIpc) is 3.35. The minimum absolute atomic E-state index is 0.0137. The molecule has 0 aliphatic carbocycles. The molecule has 4 atom stereocenters. The van der Waals surface area contributed by atoms with Crippen molar-refractivity contribution in [2.75, 3.05) is 40.3 Å². The molecule has 39 heavy (non-hydrogen) atoms. The van der Waals surface area contributed by atoms with Crippen molar-refractivity contribution in [1.29, 1.82) is 0 Å². The molecule has 1 aromatic carbocycles. The van der Waals surface area contributed by atoms with Gasteiger partial charge in [-0.25, -0.2) is 4.79 Å². The largest absolute Gasteiger partial charge is 0.444 e. The Balaban J connectivity index is 2.09. The normalized spacial score (nSPS) is 17.7. The van der Waals surface area contributed by atoms with Gasteiger partial charge >= 0.3 is 6.09 Å². The van der Waals surface area contributed by atoms with E-state index in [4.69, 9.17) is 15.9 Å². The van der Waals surface area contributed by atoms with E-state index in [0.29, 0.717) is 6.54 Å². The van der Waals surface area contributed by atoms with E-state index < -0.39 is 35.8 Å². The molecular formula is C30H46N4O5. The van der Waals surface area contributed by atoms with Crippen LogP contribution in [-0.2, 0) is 25.5 Å². The second-order valence-corrected chi connectivity index (χ2v) is 11.3. The topological polar surface area (TPSA) is 91.4 Å². The van der Waals surface area contributed by atoms with Gasteiger partial charge in [-0.05, 0) is 66.5 Å². The third kappa shape index (κ3) is 10.2. The van der Waals surface area contributed by atoms with Crippen molar-refractivity contribution < 1.29 is 23.9 Å². The number of hydrogen-bond acceptors (Lipinski definition) is 6. The van der Waals surface area contributed by atoms with Crippen LogP contribution < -0.4 is 5.32 Å². The molecule has 1 heterocycles. The predicted molar refractivity (Wildman–Crippen MR) is 152 cm³/mol. The lowest BCUT2D eigenvalue weighted by atomic mass is 10.1. The van der Waals surface area contributed by atoms with Gasteiger partial charge in [0.25, 0.3) is 0 Å². The van der Waals surface area contributed by atoms with Gasteiger partial charge in [0.2, 0.25) is 11.8 Å². The number of amides is 3. The summed E-state index contributed by atoms with van der Waals surface area (Å²) in [4.78, 5) is 44.8. The summed E-state index contributed by atoms with van der Waals surface area (Å²) >= 11 is 0. The predicted octanol–water partition coefficient (Wildman–Crippen LogP) is 2.93. The van der Waals surface area contributed by atoms with Crippen LogP contribution in [0.25, 0.3) is 0 Å². The van der Waals surface area contributed by atoms with Crippen LogP contribution in [0.15, 0.2) is 30.3 Å². The Kier molecular flexibility index (Phi) is 12.3. The van der Waals surface area contributed by atoms with Crippen molar-refractivity contribution in [3.05, 3.63) is 35.9 Å². The van der Waals surface area contributed by atoms with E-state index in [2.05, 4.69) is 35.3 Å². The van der Waals surface area contributed by atoms with E-state index in [1.807, 2.05) is 23.1 Å². The molecule has 1 N–H and O–H groups in total. The van der Waals surface area contributed by atoms with Crippen molar-refractivity contribution in [2.24, 2.45) is 0 Å². The summed E-state index contributed by atoms with van der Waals surface area (Å²) in [7, 11) is 3.56. The summed E-state index contributed by atoms with van der Waals surface area (Å²) in [5.41, 5.74) is 0.577. The first-order valence-corrected chi connectivity index (χ1v) is 13.7. The molecule has 3 amide bonds. The number of likely N-dealkylation sites (N-methyl/N-ethyl adjacent to an activating group) is 2. The first-order chi connectivity index (χ1) is 18.3. The van der Waals surface area contributed by atoms with Gasteiger partial charge in [0, 0.05) is 32.7 Å². The lowest BCUT2D eigenvalue weighted by Crippen LogP contribution is -2.59. The summed E-state index contributed by atoms with van der Waals surface area (Å²) < 4.78 is 11.1. The quantitative estimate of drug-likeness (QED) is 0.409. The maximum absolute atomic E-state index is 13.8. The zero-order valence-electron chi connectivity index (χ0n) is 24.6. The second kappa shape index (κ2) is 14.9. The fourth-order valence-corrected chi connectivity index (χ4v) is 4.51. The van der Waals surface area contributed by atoms with E-state index in [0.717, 1.165) is 32.4 Å². The van der Waals surface area contributed by atoms with Crippen molar-refractivity contribution in [3.8, 4) is 12.3 Å². The van der Waals surface area contributed by atoms with Gasteiger partial charge in [-0.15, -0.1) is 6.42 Å². The molecule has 0 radical (unpaired) electrons. The molecule has 216 valence electrons. The molecule has 2 rings (SSSR count). The van der Waals surface area contributed by atoms with Crippen LogP contribution in [0.2, 0.25) is 0 Å². The lowest BCUT2D eigenvalue weighted by Gasteiger charge is -2.34.